The summed E-state index contributed by atoms with van der Waals surface area (Å²) in [4.78, 5) is 95.2. The Bertz CT molecular complexity index is 5300. The molecule has 0 fully saturated rings. The van der Waals surface area contributed by atoms with Crippen molar-refractivity contribution in [2.75, 3.05) is 36.4 Å². The van der Waals surface area contributed by atoms with E-state index in [0.29, 0.717) is 77.9 Å². The van der Waals surface area contributed by atoms with Crippen LogP contribution in [0, 0.1) is 13.8 Å². The summed E-state index contributed by atoms with van der Waals surface area (Å²) in [6.07, 6.45) is 4.91. The van der Waals surface area contributed by atoms with Crippen LogP contribution in [0.25, 0.3) is 44.0 Å². The molecular weight excluding hydrogens is 1360 g/mol. The van der Waals surface area contributed by atoms with Crippen LogP contribution in [0.5, 0.6) is 0 Å². The number of fused-ring (bicyclic) bond motifs is 8. The monoisotopic (exact) mass is 1440 g/mol. The first kappa shape index (κ1) is 74.3. The molecule has 5 amide bonds. The Labute approximate surface area is 626 Å². The first-order valence-corrected chi connectivity index (χ1v) is 37.8. The molecule has 17 heteroatoms. The van der Waals surface area contributed by atoms with Gasteiger partial charge in [-0.25, -0.2) is 9.97 Å². The molecule has 15 nitrogen and oxygen atoms in total. The predicted octanol–water partition coefficient (Wildman–Crippen LogP) is 20.3. The third kappa shape index (κ3) is 18.0. The number of amides is 5. The van der Waals surface area contributed by atoms with E-state index in [4.69, 9.17) is 8.83 Å². The third-order valence-corrected chi connectivity index (χ3v) is 20.8. The highest BCUT2D eigenvalue weighted by atomic mass is 32.2. The largest absolute Gasteiger partial charge is 0.433 e. The average Bonchev–Trinajstić information content (AvgIpc) is 1.64. The lowest BCUT2D eigenvalue weighted by Crippen LogP contribution is -2.36. The lowest BCUT2D eigenvalue weighted by Gasteiger charge is -2.21. The summed E-state index contributed by atoms with van der Waals surface area (Å²) in [5.74, 6) is 0.307. The van der Waals surface area contributed by atoms with E-state index in [9.17, 15) is 28.8 Å². The molecule has 0 radical (unpaired) electrons. The minimum Gasteiger partial charge on any atom is -0.433 e. The number of carbonyl (C=O) groups is 6. The number of pyridine rings is 2. The van der Waals surface area contributed by atoms with E-state index in [2.05, 4.69) is 59.6 Å². The van der Waals surface area contributed by atoms with Crippen molar-refractivity contribution in [3.05, 3.63) is 298 Å². The fourth-order valence-electron chi connectivity index (χ4n) is 12.7. The Morgan fingerprint density at radius 2 is 1.10 bits per heavy atom. The molecule has 2 aliphatic heterocycles. The smallest absolute Gasteiger partial charge is 0.294 e. The molecule has 0 saturated heterocycles. The van der Waals surface area contributed by atoms with Crippen LogP contribution in [-0.4, -0.2) is 87.3 Å². The zero-order valence-electron chi connectivity index (χ0n) is 60.7. The van der Waals surface area contributed by atoms with Crippen LogP contribution >= 0.6 is 23.5 Å². The van der Waals surface area contributed by atoms with Crippen LogP contribution in [0.15, 0.2) is 265 Å². The van der Waals surface area contributed by atoms with Gasteiger partial charge in [0.1, 0.15) is 0 Å². The second-order valence-electron chi connectivity index (χ2n) is 26.3. The maximum Gasteiger partial charge on any atom is 0.294 e. The Kier molecular flexibility index (Phi) is 24.5. The van der Waals surface area contributed by atoms with Crippen LogP contribution < -0.4 is 15.5 Å². The van der Waals surface area contributed by atoms with E-state index in [1.807, 2.05) is 233 Å². The molecule has 6 heterocycles. The van der Waals surface area contributed by atoms with Crippen molar-refractivity contribution in [2.24, 2.45) is 0 Å². The maximum atomic E-state index is 13.2. The number of unbranched alkanes of at least 4 members (excludes halogenated alkanes) is 1. The number of rotatable bonds is 18. The van der Waals surface area contributed by atoms with Gasteiger partial charge >= 0.3 is 0 Å². The van der Waals surface area contributed by atoms with Gasteiger partial charge in [-0.05, 0) is 184 Å². The molecule has 15 rings (SSSR count). The molecule has 0 bridgehead atoms. The van der Waals surface area contributed by atoms with Gasteiger partial charge in [0, 0.05) is 109 Å². The molecule has 2 N–H and O–H groups in total. The minimum atomic E-state index is -0.150. The molecule has 536 valence electrons. The Hall–Kier alpha value is -11.4. The summed E-state index contributed by atoms with van der Waals surface area (Å²) in [6.45, 7) is 17.5. The van der Waals surface area contributed by atoms with Crippen molar-refractivity contribution in [2.45, 2.75) is 119 Å². The van der Waals surface area contributed by atoms with Gasteiger partial charge in [-0.1, -0.05) is 184 Å². The van der Waals surface area contributed by atoms with Crippen LogP contribution in [0.1, 0.15) is 151 Å². The number of nitrogens with zero attached hydrogens (tertiary/aromatic N) is 5. The predicted molar refractivity (Wildman–Crippen MR) is 426 cm³/mol. The standard InChI is InChI=1S/C25H23NO2S.C23H20N2O2S.C23H22N2O2.C18H20N2O2/c1-2-20(14-17-8-4-3-5-9-17)26-25(28)18-12-13-23-19(15-18)16-22(27)21-10-6-7-11-24(21)29-23;1-2-25(15-16-8-4-3-5-9-16)23(27)17-12-13-21-19(14-17)24-22(26)18-10-6-7-11-20(18)28-21;1-4-10-25(19-7-5-6-15(2)11-19)23(26)21-14-18-13-17-9-8-16(3)12-20(17)24-22(18)27-21;1-3-5-10-20(4-2)18(21)16-12-14-11-13-8-6-7-9-15(13)19-17(14)22-16/h3-13,15,20H,2,14,16H2,1H3,(H,26,28);3-14H,2,15H2,1H3,(H,24,26);5-9,11-14H,4,10H2,1-3H3;6-9,11-12H,3-5,10H2,1-2H3. The van der Waals surface area contributed by atoms with Crippen LogP contribution in [0.4, 0.5) is 11.4 Å². The molecule has 2 aliphatic rings. The Morgan fingerprint density at radius 3 is 1.79 bits per heavy atom. The first-order valence-electron chi connectivity index (χ1n) is 36.2. The number of nitrogens with one attached hydrogen (secondary N) is 2. The van der Waals surface area contributed by atoms with E-state index in [1.54, 1.807) is 39.8 Å². The molecule has 0 aliphatic carbocycles. The number of anilines is 2. The number of furan rings is 2. The van der Waals surface area contributed by atoms with Crippen molar-refractivity contribution in [3.63, 3.8) is 0 Å². The number of aromatic nitrogens is 2. The molecule has 4 aromatic heterocycles. The molecule has 0 saturated carbocycles. The average molecular weight is 1440 g/mol. The van der Waals surface area contributed by atoms with E-state index in [1.165, 1.54) is 17.3 Å². The number of benzene rings is 9. The van der Waals surface area contributed by atoms with Gasteiger partial charge in [0.25, 0.3) is 29.5 Å². The zero-order chi connectivity index (χ0) is 74.2. The molecular formula is C89H85N7O8S2. The summed E-state index contributed by atoms with van der Waals surface area (Å²) in [5.41, 5.74) is 12.4. The van der Waals surface area contributed by atoms with Crippen molar-refractivity contribution in [1.29, 1.82) is 0 Å². The van der Waals surface area contributed by atoms with Crippen molar-refractivity contribution in [3.8, 4) is 0 Å². The van der Waals surface area contributed by atoms with Crippen molar-refractivity contribution < 1.29 is 37.6 Å². The maximum absolute atomic E-state index is 13.2. The molecule has 1 unspecified atom stereocenters. The fraction of sp³-hybridized carbons (Fsp3) is 0.213. The minimum absolute atomic E-state index is 0.0461. The molecule has 9 aromatic carbocycles. The van der Waals surface area contributed by atoms with Gasteiger partial charge in [0.2, 0.25) is 11.4 Å². The van der Waals surface area contributed by atoms with Gasteiger partial charge in [0.15, 0.2) is 17.3 Å². The van der Waals surface area contributed by atoms with Gasteiger partial charge in [-0.15, -0.1) is 0 Å². The highest BCUT2D eigenvalue weighted by molar-refractivity contribution is 7.99. The number of carbonyl (C=O) groups excluding carboxylic acids is 6. The van der Waals surface area contributed by atoms with Gasteiger partial charge in [-0.2, -0.15) is 0 Å². The number of hydrogen-bond acceptors (Lipinski definition) is 12. The lowest BCUT2D eigenvalue weighted by atomic mass is 10.0. The second-order valence-corrected chi connectivity index (χ2v) is 28.4. The number of ketones is 1. The van der Waals surface area contributed by atoms with E-state index >= 15 is 0 Å². The number of hydrogen-bond donors (Lipinski definition) is 2. The van der Waals surface area contributed by atoms with Gasteiger partial charge < -0.3 is 34.2 Å². The van der Waals surface area contributed by atoms with Crippen molar-refractivity contribution in [1.82, 2.24) is 25.1 Å². The summed E-state index contributed by atoms with van der Waals surface area (Å²) in [6, 6.07) is 76.2. The van der Waals surface area contributed by atoms with Gasteiger partial charge in [0.05, 0.1) is 22.3 Å². The fourth-order valence-corrected chi connectivity index (χ4v) is 14.8. The van der Waals surface area contributed by atoms with Crippen molar-refractivity contribution >= 4 is 114 Å². The summed E-state index contributed by atoms with van der Waals surface area (Å²) in [5, 5.41) is 9.90. The summed E-state index contributed by atoms with van der Waals surface area (Å²) in [7, 11) is 0. The molecule has 0 spiro atoms. The number of aryl methyl sites for hydroxylation is 2. The zero-order valence-corrected chi connectivity index (χ0v) is 62.3. The summed E-state index contributed by atoms with van der Waals surface area (Å²) < 4.78 is 11.6. The quantitative estimate of drug-likeness (QED) is 0.0828. The number of para-hydroxylation sites is 1. The van der Waals surface area contributed by atoms with E-state index < -0.39 is 0 Å². The van der Waals surface area contributed by atoms with E-state index in [-0.39, 0.29) is 41.4 Å². The molecule has 106 heavy (non-hydrogen) atoms. The lowest BCUT2D eigenvalue weighted by molar-refractivity contribution is 0.0730. The highest BCUT2D eigenvalue weighted by Gasteiger charge is 2.27. The topological polar surface area (TPSA) is 188 Å². The Balaban J connectivity index is 0.000000133. The second kappa shape index (κ2) is 34.9. The van der Waals surface area contributed by atoms with E-state index in [0.717, 1.165) is 124 Å². The molecule has 13 aromatic rings. The normalized spacial score (nSPS) is 12.2. The highest BCUT2D eigenvalue weighted by Crippen LogP contribution is 2.40. The first-order chi connectivity index (χ1) is 51.6. The number of Topliss-reactive ketones (excluding diaryl/α,β-unsaturated/α-hetero) is 1. The summed E-state index contributed by atoms with van der Waals surface area (Å²) >= 11 is 3.13. The van der Waals surface area contributed by atoms with Crippen LogP contribution in [-0.2, 0) is 19.4 Å². The molecule has 1 atom stereocenters. The van der Waals surface area contributed by atoms with Crippen LogP contribution in [0.3, 0.4) is 0 Å². The third-order valence-electron chi connectivity index (χ3n) is 18.5. The Morgan fingerprint density at radius 1 is 0.500 bits per heavy atom. The van der Waals surface area contributed by atoms with Gasteiger partial charge in [-0.3, -0.25) is 28.8 Å². The SMILES string of the molecule is CCC(Cc1ccccc1)NC(=O)c1ccc2c(c1)CC(=O)c1ccccc1S2.CCCCN(CC)C(=O)c1cc2cc3ccccc3nc2o1.CCCN(C(=O)c1cc2cc3ccc(C)cc3nc2o1)c1cccc(C)c1.CCN(Cc1ccccc1)C(=O)c1ccc2c(c1)NC(=O)c1ccccc1S2. The van der Waals surface area contributed by atoms with Crippen LogP contribution in [0.2, 0.25) is 0 Å².